The normalized spacial score (nSPS) is 18.3. The summed E-state index contributed by atoms with van der Waals surface area (Å²) < 4.78 is 16.8. The molecule has 1 fully saturated rings. The van der Waals surface area contributed by atoms with Crippen LogP contribution < -0.4 is 5.32 Å². The molecule has 1 N–H and O–H groups in total. The first-order chi connectivity index (χ1) is 14.2. The van der Waals surface area contributed by atoms with Gasteiger partial charge in [0.2, 0.25) is 0 Å². The van der Waals surface area contributed by atoms with E-state index in [1.165, 1.54) is 45.2 Å². The van der Waals surface area contributed by atoms with Gasteiger partial charge in [0.1, 0.15) is 13.2 Å². The van der Waals surface area contributed by atoms with Crippen molar-refractivity contribution in [2.75, 3.05) is 59.2 Å². The Morgan fingerprint density at radius 1 is 0.933 bits per heavy atom. The molecule has 0 amide bonds. The maximum absolute atomic E-state index is 5.74. The molecular weight excluding hydrogens is 376 g/mol. The molecule has 30 heavy (non-hydrogen) atoms. The second kappa shape index (κ2) is 15.2. The summed E-state index contributed by atoms with van der Waals surface area (Å²) in [6.45, 7) is 20.3. The summed E-state index contributed by atoms with van der Waals surface area (Å²) in [4.78, 5) is 2.57. The van der Waals surface area contributed by atoms with Crippen LogP contribution in [0.3, 0.4) is 0 Å². The fourth-order valence-corrected chi connectivity index (χ4v) is 3.50. The van der Waals surface area contributed by atoms with Crippen molar-refractivity contribution in [2.24, 2.45) is 5.92 Å². The summed E-state index contributed by atoms with van der Waals surface area (Å²) in [5.74, 6) is 6.80. The Kier molecular flexibility index (Phi) is 13.9. The Labute approximate surface area is 186 Å². The quantitative estimate of drug-likeness (QED) is 0.356. The standard InChI is InChI=1S/C25H48N2O3/c1-24(2,3)26-14-8-7-12-23-13-11-15-27(22-23)16-19-29-21-20-28-17-9-10-18-30-25(4,5)6/h23,26H,7-8,11-22H2,1-6H3. The summed E-state index contributed by atoms with van der Waals surface area (Å²) in [6.07, 6.45) is 6.69. The molecule has 0 aromatic heterocycles. The van der Waals surface area contributed by atoms with Crippen LogP contribution in [0.4, 0.5) is 0 Å². The van der Waals surface area contributed by atoms with Gasteiger partial charge in [-0.2, -0.15) is 0 Å². The van der Waals surface area contributed by atoms with Crippen LogP contribution in [0.2, 0.25) is 0 Å². The van der Waals surface area contributed by atoms with E-state index in [1.807, 2.05) is 20.8 Å². The van der Waals surface area contributed by atoms with E-state index >= 15 is 0 Å². The molecule has 0 aromatic rings. The van der Waals surface area contributed by atoms with Crippen molar-refractivity contribution in [3.63, 3.8) is 0 Å². The third-order valence-corrected chi connectivity index (χ3v) is 5.10. The Hall–Kier alpha value is -0.640. The lowest BCUT2D eigenvalue weighted by Crippen LogP contribution is -2.38. The van der Waals surface area contributed by atoms with Crippen molar-refractivity contribution in [1.82, 2.24) is 10.2 Å². The zero-order valence-corrected chi connectivity index (χ0v) is 20.6. The van der Waals surface area contributed by atoms with Crippen LogP contribution in [0.15, 0.2) is 0 Å². The molecule has 1 aliphatic heterocycles. The summed E-state index contributed by atoms with van der Waals surface area (Å²) in [5, 5.41) is 3.58. The van der Waals surface area contributed by atoms with Gasteiger partial charge in [0, 0.05) is 18.6 Å². The van der Waals surface area contributed by atoms with Gasteiger partial charge in [-0.1, -0.05) is 18.3 Å². The van der Waals surface area contributed by atoms with Gasteiger partial charge < -0.3 is 24.4 Å². The number of piperidine rings is 1. The van der Waals surface area contributed by atoms with Gasteiger partial charge in [0.05, 0.1) is 25.4 Å². The van der Waals surface area contributed by atoms with Crippen molar-refractivity contribution in [2.45, 2.75) is 84.8 Å². The molecule has 1 rings (SSSR count). The minimum absolute atomic E-state index is 0.138. The van der Waals surface area contributed by atoms with Crippen LogP contribution in [0.1, 0.15) is 73.6 Å². The summed E-state index contributed by atoms with van der Waals surface area (Å²) in [7, 11) is 0. The zero-order valence-electron chi connectivity index (χ0n) is 20.6. The highest BCUT2D eigenvalue weighted by atomic mass is 16.5. The maximum atomic E-state index is 5.74. The third-order valence-electron chi connectivity index (χ3n) is 5.10. The monoisotopic (exact) mass is 424 g/mol. The van der Waals surface area contributed by atoms with Crippen molar-refractivity contribution in [3.05, 3.63) is 0 Å². The number of nitrogens with zero attached hydrogens (tertiary/aromatic N) is 1. The van der Waals surface area contributed by atoms with Gasteiger partial charge in [-0.05, 0) is 86.2 Å². The molecule has 1 aliphatic rings. The van der Waals surface area contributed by atoms with Gasteiger partial charge in [0.25, 0.3) is 0 Å². The van der Waals surface area contributed by atoms with Crippen LogP contribution in [0.25, 0.3) is 0 Å². The first-order valence-corrected chi connectivity index (χ1v) is 11.9. The van der Waals surface area contributed by atoms with E-state index in [0.717, 1.165) is 25.6 Å². The van der Waals surface area contributed by atoms with Crippen molar-refractivity contribution in [1.29, 1.82) is 0 Å². The lowest BCUT2D eigenvalue weighted by Gasteiger charge is -2.32. The van der Waals surface area contributed by atoms with Crippen LogP contribution in [-0.2, 0) is 14.2 Å². The van der Waals surface area contributed by atoms with E-state index in [-0.39, 0.29) is 11.1 Å². The van der Waals surface area contributed by atoms with Gasteiger partial charge >= 0.3 is 0 Å². The highest BCUT2D eigenvalue weighted by molar-refractivity contribution is 4.99. The number of ether oxygens (including phenoxy) is 3. The molecule has 5 heteroatoms. The zero-order chi connectivity index (χ0) is 22.3. The topological polar surface area (TPSA) is 43.0 Å². The largest absolute Gasteiger partial charge is 0.378 e. The second-order valence-corrected chi connectivity index (χ2v) is 10.4. The second-order valence-electron chi connectivity index (χ2n) is 10.4. The van der Waals surface area contributed by atoms with Crippen LogP contribution in [0.5, 0.6) is 0 Å². The predicted molar refractivity (Wildman–Crippen MR) is 126 cm³/mol. The minimum Gasteiger partial charge on any atom is -0.378 e. The fraction of sp³-hybridized carbons (Fsp3) is 0.920. The van der Waals surface area contributed by atoms with Gasteiger partial charge in [-0.15, -0.1) is 0 Å². The molecule has 0 bridgehead atoms. The molecular formula is C25H48N2O3. The number of rotatable bonds is 13. The Bertz CT molecular complexity index is 485. The lowest BCUT2D eigenvalue weighted by atomic mass is 9.92. The number of hydrogen-bond donors (Lipinski definition) is 1. The number of likely N-dealkylation sites (tertiary alicyclic amines) is 1. The molecule has 0 aromatic carbocycles. The Morgan fingerprint density at radius 2 is 1.67 bits per heavy atom. The molecule has 0 spiro atoms. The third kappa shape index (κ3) is 17.1. The van der Waals surface area contributed by atoms with E-state index < -0.39 is 0 Å². The van der Waals surface area contributed by atoms with Crippen molar-refractivity contribution < 1.29 is 14.2 Å². The fourth-order valence-electron chi connectivity index (χ4n) is 3.50. The van der Waals surface area contributed by atoms with Crippen LogP contribution in [0, 0.1) is 17.8 Å². The van der Waals surface area contributed by atoms with Crippen molar-refractivity contribution >= 4 is 0 Å². The highest BCUT2D eigenvalue weighted by Crippen LogP contribution is 2.21. The molecule has 1 saturated heterocycles. The minimum atomic E-state index is -0.138. The van der Waals surface area contributed by atoms with E-state index in [0.29, 0.717) is 26.4 Å². The van der Waals surface area contributed by atoms with Gasteiger partial charge in [-0.25, -0.2) is 0 Å². The van der Waals surface area contributed by atoms with Crippen molar-refractivity contribution in [3.8, 4) is 11.8 Å². The number of unbranched alkanes of at least 4 members (excludes halogenated alkanes) is 1. The van der Waals surface area contributed by atoms with Gasteiger partial charge in [-0.3, -0.25) is 0 Å². The first-order valence-electron chi connectivity index (χ1n) is 11.9. The highest BCUT2D eigenvalue weighted by Gasteiger charge is 2.19. The summed E-state index contributed by atoms with van der Waals surface area (Å²) >= 11 is 0. The van der Waals surface area contributed by atoms with Crippen LogP contribution >= 0.6 is 0 Å². The number of hydrogen-bond acceptors (Lipinski definition) is 5. The number of nitrogens with one attached hydrogen (secondary N) is 1. The molecule has 1 heterocycles. The van der Waals surface area contributed by atoms with E-state index in [4.69, 9.17) is 14.2 Å². The van der Waals surface area contributed by atoms with Gasteiger partial charge in [0.15, 0.2) is 0 Å². The Morgan fingerprint density at radius 3 is 2.40 bits per heavy atom. The summed E-state index contributed by atoms with van der Waals surface area (Å²) in [6, 6.07) is 0. The Balaban J connectivity index is 1.96. The molecule has 0 saturated carbocycles. The molecule has 0 aliphatic carbocycles. The lowest BCUT2D eigenvalue weighted by molar-refractivity contribution is 0.0179. The molecule has 0 radical (unpaired) electrons. The smallest absolute Gasteiger partial charge is 0.108 e. The molecule has 1 atom stereocenters. The average molecular weight is 425 g/mol. The molecule has 1 unspecified atom stereocenters. The van der Waals surface area contributed by atoms with Crippen LogP contribution in [-0.4, -0.2) is 75.3 Å². The first kappa shape index (κ1) is 27.4. The maximum Gasteiger partial charge on any atom is 0.108 e. The predicted octanol–water partition coefficient (Wildman–Crippen LogP) is 4.11. The average Bonchev–Trinajstić information content (AvgIpc) is 2.64. The van der Waals surface area contributed by atoms with E-state index in [9.17, 15) is 0 Å². The molecule has 5 nitrogen and oxygen atoms in total. The summed E-state index contributed by atoms with van der Waals surface area (Å²) in [5.41, 5.74) is 0.0996. The SMILES string of the molecule is CC(C)(C)NCCCCC1CCCN(CCOCCOCC#CCOC(C)(C)C)C1. The molecule has 176 valence electrons. The van der Waals surface area contributed by atoms with E-state index in [1.54, 1.807) is 0 Å². The van der Waals surface area contributed by atoms with E-state index in [2.05, 4.69) is 42.8 Å².